The quantitative estimate of drug-likeness (QED) is 0.569. The molecule has 0 bridgehead atoms. The van der Waals surface area contributed by atoms with Crippen LogP contribution in [0.25, 0.3) is 0 Å². The minimum Gasteiger partial charge on any atom is -0.378 e. The summed E-state index contributed by atoms with van der Waals surface area (Å²) in [4.78, 5) is 2.36. The van der Waals surface area contributed by atoms with Crippen molar-refractivity contribution in [2.45, 2.75) is 33.6 Å². The molecule has 0 heterocycles. The molecule has 10 heavy (non-hydrogen) atoms. The Labute approximate surface area is 64.7 Å². The lowest BCUT2D eigenvalue weighted by atomic mass is 10.4. The molecule has 0 atom stereocenters. The van der Waals surface area contributed by atoms with Gasteiger partial charge in [0.2, 0.25) is 0 Å². The number of allylic oxidation sites excluding steroid dienone is 1. The van der Waals surface area contributed by atoms with Crippen LogP contribution in [0.4, 0.5) is 0 Å². The second-order valence-corrected chi connectivity index (χ2v) is 2.52. The molecule has 0 aromatic heterocycles. The lowest BCUT2D eigenvalue weighted by Crippen LogP contribution is -2.18. The van der Waals surface area contributed by atoms with E-state index in [2.05, 4.69) is 37.9 Å². The van der Waals surface area contributed by atoms with Gasteiger partial charge in [0, 0.05) is 13.1 Å². The molecule has 0 aromatic carbocycles. The zero-order valence-electron chi connectivity index (χ0n) is 7.43. The first-order valence-electron chi connectivity index (χ1n) is 4.22. The van der Waals surface area contributed by atoms with Crippen LogP contribution in [-0.2, 0) is 0 Å². The van der Waals surface area contributed by atoms with E-state index < -0.39 is 0 Å². The molecule has 0 aliphatic rings. The smallest absolute Gasteiger partial charge is 0.0169 e. The maximum absolute atomic E-state index is 2.36. The fourth-order valence-electron chi connectivity index (χ4n) is 1.05. The molecule has 0 aliphatic carbocycles. The van der Waals surface area contributed by atoms with E-state index in [4.69, 9.17) is 0 Å². The molecule has 0 amide bonds. The molecule has 1 heteroatoms. The van der Waals surface area contributed by atoms with E-state index in [-0.39, 0.29) is 0 Å². The highest BCUT2D eigenvalue weighted by Crippen LogP contribution is 1.94. The molecule has 0 radical (unpaired) electrons. The van der Waals surface area contributed by atoms with E-state index in [1.165, 1.54) is 25.9 Å². The molecule has 0 saturated carbocycles. The number of nitrogens with zero attached hydrogens (tertiary/aromatic N) is 1. The lowest BCUT2D eigenvalue weighted by molar-refractivity contribution is 0.375. The maximum atomic E-state index is 2.36. The Kier molecular flexibility index (Phi) is 6.35. The van der Waals surface area contributed by atoms with Gasteiger partial charge in [-0.2, -0.15) is 0 Å². The summed E-state index contributed by atoms with van der Waals surface area (Å²) < 4.78 is 0. The molecule has 0 spiro atoms. The first-order valence-corrected chi connectivity index (χ1v) is 4.22. The average molecular weight is 141 g/mol. The molecule has 0 unspecified atom stereocenters. The van der Waals surface area contributed by atoms with Crippen molar-refractivity contribution in [2.24, 2.45) is 0 Å². The summed E-state index contributed by atoms with van der Waals surface area (Å²) in [6.45, 7) is 8.88. The largest absolute Gasteiger partial charge is 0.378 e. The van der Waals surface area contributed by atoms with Crippen molar-refractivity contribution in [3.63, 3.8) is 0 Å². The van der Waals surface area contributed by atoms with Crippen molar-refractivity contribution < 1.29 is 0 Å². The lowest BCUT2D eigenvalue weighted by Gasteiger charge is -2.17. The van der Waals surface area contributed by atoms with E-state index in [1.54, 1.807) is 0 Å². The number of hydrogen-bond donors (Lipinski definition) is 0. The molecule has 60 valence electrons. The Morgan fingerprint density at radius 2 is 1.60 bits per heavy atom. The minimum absolute atomic E-state index is 1.19. The van der Waals surface area contributed by atoms with Crippen LogP contribution in [0.2, 0.25) is 0 Å². The average Bonchev–Trinajstić information content (AvgIpc) is 1.90. The zero-order chi connectivity index (χ0) is 7.82. The third-order valence-electron chi connectivity index (χ3n) is 1.38. The molecular weight excluding hydrogens is 122 g/mol. The van der Waals surface area contributed by atoms with Crippen LogP contribution in [0.5, 0.6) is 0 Å². The molecule has 0 fully saturated rings. The minimum atomic E-state index is 1.19. The molecule has 0 aliphatic heterocycles. The number of hydrogen-bond acceptors (Lipinski definition) is 1. The monoisotopic (exact) mass is 141 g/mol. The van der Waals surface area contributed by atoms with E-state index >= 15 is 0 Å². The summed E-state index contributed by atoms with van der Waals surface area (Å²) in [6, 6.07) is 0. The van der Waals surface area contributed by atoms with Crippen molar-refractivity contribution in [3.8, 4) is 0 Å². The van der Waals surface area contributed by atoms with Crippen molar-refractivity contribution in [1.82, 2.24) is 4.90 Å². The van der Waals surface area contributed by atoms with Crippen molar-refractivity contribution in [3.05, 3.63) is 12.3 Å². The van der Waals surface area contributed by atoms with Crippen LogP contribution in [0.3, 0.4) is 0 Å². The zero-order valence-corrected chi connectivity index (χ0v) is 7.43. The van der Waals surface area contributed by atoms with Gasteiger partial charge in [0.1, 0.15) is 0 Å². The van der Waals surface area contributed by atoms with Gasteiger partial charge in [0.25, 0.3) is 0 Å². The topological polar surface area (TPSA) is 3.24 Å². The van der Waals surface area contributed by atoms with Gasteiger partial charge < -0.3 is 4.90 Å². The van der Waals surface area contributed by atoms with Gasteiger partial charge in [0.05, 0.1) is 0 Å². The van der Waals surface area contributed by atoms with E-state index in [0.717, 1.165) is 0 Å². The van der Waals surface area contributed by atoms with Crippen LogP contribution >= 0.6 is 0 Å². The van der Waals surface area contributed by atoms with Crippen LogP contribution in [-0.4, -0.2) is 18.0 Å². The molecule has 1 nitrogen and oxygen atoms in total. The van der Waals surface area contributed by atoms with Crippen molar-refractivity contribution in [2.75, 3.05) is 13.1 Å². The van der Waals surface area contributed by atoms with Gasteiger partial charge in [-0.05, 0) is 26.0 Å². The van der Waals surface area contributed by atoms with E-state index in [0.29, 0.717) is 0 Å². The predicted molar refractivity (Wildman–Crippen MR) is 47.0 cm³/mol. The Morgan fingerprint density at radius 3 is 1.90 bits per heavy atom. The second kappa shape index (κ2) is 6.66. The summed E-state index contributed by atoms with van der Waals surface area (Å²) in [5.74, 6) is 0. The summed E-state index contributed by atoms with van der Waals surface area (Å²) in [6.07, 6.45) is 6.76. The highest BCUT2D eigenvalue weighted by molar-refractivity contribution is 4.77. The molecular formula is C9H19N. The normalized spacial score (nSPS) is 10.7. The van der Waals surface area contributed by atoms with Gasteiger partial charge in [-0.3, -0.25) is 0 Å². The highest BCUT2D eigenvalue weighted by Gasteiger charge is 1.92. The Balaban J connectivity index is 3.50. The second-order valence-electron chi connectivity index (χ2n) is 2.52. The number of rotatable bonds is 5. The summed E-state index contributed by atoms with van der Waals surface area (Å²) in [5.41, 5.74) is 0. The van der Waals surface area contributed by atoms with Gasteiger partial charge in [-0.25, -0.2) is 0 Å². The van der Waals surface area contributed by atoms with Crippen LogP contribution in [0.15, 0.2) is 12.3 Å². The molecule has 0 rings (SSSR count). The van der Waals surface area contributed by atoms with Crippen molar-refractivity contribution >= 4 is 0 Å². The third kappa shape index (κ3) is 4.42. The Bertz CT molecular complexity index is 80.7. The summed E-state index contributed by atoms with van der Waals surface area (Å²) >= 11 is 0. The van der Waals surface area contributed by atoms with Crippen LogP contribution < -0.4 is 0 Å². The van der Waals surface area contributed by atoms with Gasteiger partial charge >= 0.3 is 0 Å². The van der Waals surface area contributed by atoms with E-state index in [9.17, 15) is 0 Å². The fraction of sp³-hybridized carbons (Fsp3) is 0.778. The van der Waals surface area contributed by atoms with Crippen LogP contribution in [0, 0.1) is 0 Å². The predicted octanol–water partition coefficient (Wildman–Crippen LogP) is 2.64. The van der Waals surface area contributed by atoms with Gasteiger partial charge in [-0.15, -0.1) is 0 Å². The highest BCUT2D eigenvalue weighted by atomic mass is 15.1. The SMILES string of the molecule is CC=CN(CCC)CCC. The summed E-state index contributed by atoms with van der Waals surface area (Å²) in [5, 5.41) is 0. The van der Waals surface area contributed by atoms with Crippen molar-refractivity contribution in [1.29, 1.82) is 0 Å². The van der Waals surface area contributed by atoms with Gasteiger partial charge in [0.15, 0.2) is 0 Å². The van der Waals surface area contributed by atoms with Crippen LogP contribution in [0.1, 0.15) is 33.6 Å². The maximum Gasteiger partial charge on any atom is 0.0169 e. The Hall–Kier alpha value is -0.460. The first kappa shape index (κ1) is 9.54. The van der Waals surface area contributed by atoms with Gasteiger partial charge in [-0.1, -0.05) is 19.9 Å². The summed E-state index contributed by atoms with van der Waals surface area (Å²) in [7, 11) is 0. The molecule has 0 N–H and O–H groups in total. The first-order chi connectivity index (χ1) is 4.85. The van der Waals surface area contributed by atoms with E-state index in [1.807, 2.05) is 0 Å². The molecule has 0 aromatic rings. The third-order valence-corrected chi connectivity index (χ3v) is 1.38. The fourth-order valence-corrected chi connectivity index (χ4v) is 1.05. The Morgan fingerprint density at radius 1 is 1.10 bits per heavy atom. The standard InChI is InChI=1S/C9H19N/c1-4-7-10(8-5-2)9-6-3/h4,7H,5-6,8-9H2,1-3H3. The molecule has 0 saturated heterocycles.